The zero-order chi connectivity index (χ0) is 24.6. The summed E-state index contributed by atoms with van der Waals surface area (Å²) in [7, 11) is 1.59. The predicted octanol–water partition coefficient (Wildman–Crippen LogP) is 5.27. The lowest BCUT2D eigenvalue weighted by Gasteiger charge is -2.32. The number of hydrogen-bond donors (Lipinski definition) is 0. The van der Waals surface area contributed by atoms with E-state index in [0.29, 0.717) is 24.6 Å². The largest absolute Gasteiger partial charge is 0.481 e. The molecule has 0 aliphatic rings. The number of ether oxygens (including phenoxy) is 2. The van der Waals surface area contributed by atoms with Crippen LogP contribution in [0, 0.1) is 11.3 Å². The van der Waals surface area contributed by atoms with Gasteiger partial charge in [0.15, 0.2) is 0 Å². The molecule has 0 aliphatic carbocycles. The first-order valence-electron chi connectivity index (χ1n) is 11.5. The van der Waals surface area contributed by atoms with Crippen molar-refractivity contribution in [2.24, 2.45) is 0 Å². The lowest BCUT2D eigenvalue weighted by atomic mass is 9.95. The van der Waals surface area contributed by atoms with Gasteiger partial charge in [0.25, 0.3) is 0 Å². The van der Waals surface area contributed by atoms with Crippen molar-refractivity contribution in [2.75, 3.05) is 20.3 Å². The second-order valence-electron chi connectivity index (χ2n) is 8.11. The average molecular weight is 466 g/mol. The number of nitrogens with zero attached hydrogens (tertiary/aromatic N) is 3. The molecule has 0 saturated carbocycles. The minimum absolute atomic E-state index is 0.0850. The van der Waals surface area contributed by atoms with E-state index in [1.165, 1.54) is 0 Å². The number of hydrogen-bond acceptors (Lipinski definition) is 6. The predicted molar refractivity (Wildman–Crippen MR) is 135 cm³/mol. The lowest BCUT2D eigenvalue weighted by Crippen LogP contribution is -2.35. The Labute approximate surface area is 205 Å². The number of carbonyl (C=O) groups excluding carboxylic acids is 1. The van der Waals surface area contributed by atoms with E-state index in [4.69, 9.17) is 14.5 Å². The fraction of sp³-hybridized carbons (Fsp3) is 0.207. The molecule has 4 rings (SSSR count). The van der Waals surface area contributed by atoms with Gasteiger partial charge in [-0.2, -0.15) is 5.26 Å². The zero-order valence-electron chi connectivity index (χ0n) is 19.8. The summed E-state index contributed by atoms with van der Waals surface area (Å²) in [5, 5.41) is 10.2. The van der Waals surface area contributed by atoms with E-state index in [1.54, 1.807) is 20.1 Å². The molecule has 4 aromatic rings. The van der Waals surface area contributed by atoms with Gasteiger partial charge in [-0.05, 0) is 42.3 Å². The van der Waals surface area contributed by atoms with Crippen molar-refractivity contribution < 1.29 is 14.3 Å². The van der Waals surface area contributed by atoms with Crippen molar-refractivity contribution in [3.05, 3.63) is 107 Å². The number of fused-ring (bicyclic) bond motifs is 1. The van der Waals surface area contributed by atoms with Gasteiger partial charge >= 0.3 is 5.97 Å². The number of esters is 1. The normalized spacial score (nSPS) is 11.7. The summed E-state index contributed by atoms with van der Waals surface area (Å²) < 4.78 is 11.1. The van der Waals surface area contributed by atoms with Crippen LogP contribution in [0.3, 0.4) is 0 Å². The van der Waals surface area contributed by atoms with Crippen LogP contribution in [-0.2, 0) is 16.1 Å². The molecular formula is C29H27N3O3. The van der Waals surface area contributed by atoms with Crippen LogP contribution < -0.4 is 4.74 Å². The molecular weight excluding hydrogens is 438 g/mol. The highest BCUT2D eigenvalue weighted by molar-refractivity contribution is 5.82. The summed E-state index contributed by atoms with van der Waals surface area (Å²) in [5.41, 5.74) is 4.15. The van der Waals surface area contributed by atoms with Gasteiger partial charge in [0.05, 0.1) is 43.5 Å². The number of nitriles is 1. The van der Waals surface area contributed by atoms with Crippen LogP contribution in [0.15, 0.2) is 84.9 Å². The first-order chi connectivity index (χ1) is 17.1. The molecule has 35 heavy (non-hydrogen) atoms. The van der Waals surface area contributed by atoms with E-state index < -0.39 is 0 Å². The number of benzene rings is 3. The number of pyridine rings is 1. The fourth-order valence-electron chi connectivity index (χ4n) is 4.26. The topological polar surface area (TPSA) is 75.5 Å². The zero-order valence-corrected chi connectivity index (χ0v) is 19.8. The molecule has 1 unspecified atom stereocenters. The van der Waals surface area contributed by atoms with Gasteiger partial charge in [-0.15, -0.1) is 0 Å². The molecule has 6 nitrogen and oxygen atoms in total. The Hall–Kier alpha value is -4.21. The standard InChI is InChI=1S/C29H27N3O3/c1-3-35-27(33)20-32(19-21-10-6-4-7-11-21)28(23-12-8-5-9-13-23)25-17-24-16-22(18-30)14-15-26(24)31-29(25)34-2/h4-17,28H,3,19-20H2,1-2H3. The first-order valence-corrected chi connectivity index (χ1v) is 11.5. The van der Waals surface area contributed by atoms with E-state index in [9.17, 15) is 10.1 Å². The van der Waals surface area contributed by atoms with Crippen molar-refractivity contribution in [3.8, 4) is 11.9 Å². The Kier molecular flexibility index (Phi) is 7.71. The van der Waals surface area contributed by atoms with Crippen molar-refractivity contribution in [1.82, 2.24) is 9.88 Å². The maximum absolute atomic E-state index is 12.7. The van der Waals surface area contributed by atoms with E-state index in [1.807, 2.05) is 78.9 Å². The van der Waals surface area contributed by atoms with E-state index >= 15 is 0 Å². The Morgan fingerprint density at radius 1 is 1.03 bits per heavy atom. The Bertz CT molecular complexity index is 1330. The molecule has 3 aromatic carbocycles. The van der Waals surface area contributed by atoms with E-state index in [0.717, 1.165) is 27.6 Å². The van der Waals surface area contributed by atoms with Crippen LogP contribution in [0.5, 0.6) is 5.88 Å². The van der Waals surface area contributed by atoms with Crippen LogP contribution in [0.2, 0.25) is 0 Å². The first kappa shape index (κ1) is 23.9. The highest BCUT2D eigenvalue weighted by Gasteiger charge is 2.29. The van der Waals surface area contributed by atoms with Crippen LogP contribution in [-0.4, -0.2) is 36.1 Å². The van der Waals surface area contributed by atoms with Gasteiger partial charge in [0.1, 0.15) is 0 Å². The highest BCUT2D eigenvalue weighted by atomic mass is 16.5. The van der Waals surface area contributed by atoms with E-state index in [-0.39, 0.29) is 18.6 Å². The smallest absolute Gasteiger partial charge is 0.320 e. The molecule has 0 aliphatic heterocycles. The molecule has 0 saturated heterocycles. The molecule has 0 fully saturated rings. The second kappa shape index (κ2) is 11.3. The molecule has 0 radical (unpaired) electrons. The van der Waals surface area contributed by atoms with Crippen molar-refractivity contribution >= 4 is 16.9 Å². The van der Waals surface area contributed by atoms with Crippen LogP contribution >= 0.6 is 0 Å². The van der Waals surface area contributed by atoms with Crippen LogP contribution in [0.1, 0.15) is 35.2 Å². The second-order valence-corrected chi connectivity index (χ2v) is 8.11. The molecule has 0 bridgehead atoms. The molecule has 1 heterocycles. The molecule has 0 N–H and O–H groups in total. The van der Waals surface area contributed by atoms with Gasteiger partial charge in [0.2, 0.25) is 5.88 Å². The molecule has 1 aromatic heterocycles. The Balaban J connectivity index is 1.90. The summed E-state index contributed by atoms with van der Waals surface area (Å²) in [6, 6.07) is 29.2. The quantitative estimate of drug-likeness (QED) is 0.314. The molecule has 6 heteroatoms. The molecule has 1 atom stereocenters. The minimum atomic E-state index is -0.349. The van der Waals surface area contributed by atoms with Crippen molar-refractivity contribution in [1.29, 1.82) is 5.26 Å². The number of methoxy groups -OCH3 is 1. The fourth-order valence-corrected chi connectivity index (χ4v) is 4.26. The maximum Gasteiger partial charge on any atom is 0.320 e. The highest BCUT2D eigenvalue weighted by Crippen LogP contribution is 2.37. The minimum Gasteiger partial charge on any atom is -0.481 e. The number of carbonyl (C=O) groups is 1. The molecule has 0 amide bonds. The average Bonchev–Trinajstić information content (AvgIpc) is 2.89. The third-order valence-electron chi connectivity index (χ3n) is 5.77. The number of rotatable bonds is 9. The summed E-state index contributed by atoms with van der Waals surface area (Å²) in [4.78, 5) is 19.5. The third-order valence-corrected chi connectivity index (χ3v) is 5.77. The van der Waals surface area contributed by atoms with Gasteiger partial charge in [-0.25, -0.2) is 4.98 Å². The SMILES string of the molecule is CCOC(=O)CN(Cc1ccccc1)C(c1ccccc1)c1cc2cc(C#N)ccc2nc1OC. The Morgan fingerprint density at radius 2 is 1.74 bits per heavy atom. The van der Waals surface area contributed by atoms with Crippen LogP contribution in [0.25, 0.3) is 10.9 Å². The summed E-state index contributed by atoms with van der Waals surface area (Å²) in [6.45, 7) is 2.71. The molecule has 176 valence electrons. The van der Waals surface area contributed by atoms with Crippen LogP contribution in [0.4, 0.5) is 0 Å². The maximum atomic E-state index is 12.7. The van der Waals surface area contributed by atoms with Gasteiger partial charge in [-0.1, -0.05) is 60.7 Å². The van der Waals surface area contributed by atoms with Gasteiger partial charge < -0.3 is 9.47 Å². The van der Waals surface area contributed by atoms with Crippen molar-refractivity contribution in [3.63, 3.8) is 0 Å². The summed E-state index contributed by atoms with van der Waals surface area (Å²) in [6.07, 6.45) is 0. The van der Waals surface area contributed by atoms with Crippen molar-refractivity contribution in [2.45, 2.75) is 19.5 Å². The monoisotopic (exact) mass is 465 g/mol. The lowest BCUT2D eigenvalue weighted by molar-refractivity contribution is -0.145. The third kappa shape index (κ3) is 5.65. The van der Waals surface area contributed by atoms with Gasteiger partial charge in [0, 0.05) is 17.5 Å². The summed E-state index contributed by atoms with van der Waals surface area (Å²) >= 11 is 0. The van der Waals surface area contributed by atoms with E-state index in [2.05, 4.69) is 11.0 Å². The number of aromatic nitrogens is 1. The van der Waals surface area contributed by atoms with Gasteiger partial charge in [-0.3, -0.25) is 9.69 Å². The Morgan fingerprint density at radius 3 is 2.40 bits per heavy atom. The molecule has 0 spiro atoms. The summed E-state index contributed by atoms with van der Waals surface area (Å²) in [5.74, 6) is 0.168.